The van der Waals surface area contributed by atoms with E-state index in [2.05, 4.69) is 5.32 Å². The molecule has 0 aliphatic heterocycles. The van der Waals surface area contributed by atoms with E-state index in [0.29, 0.717) is 27.7 Å². The van der Waals surface area contributed by atoms with E-state index in [0.717, 1.165) is 6.07 Å². The molecule has 1 N–H and O–H groups in total. The Bertz CT molecular complexity index is 617. The molecule has 0 saturated carbocycles. The predicted molar refractivity (Wildman–Crippen MR) is 78.3 cm³/mol. The number of hydrogen-bond acceptors (Lipinski definition) is 1. The quantitative estimate of drug-likeness (QED) is 0.840. The molecule has 0 aliphatic carbocycles. The maximum atomic E-state index is 14.0. The van der Waals surface area contributed by atoms with Gasteiger partial charge >= 0.3 is 0 Å². The summed E-state index contributed by atoms with van der Waals surface area (Å²) in [5.74, 6) is -1.23. The van der Waals surface area contributed by atoms with E-state index in [1.54, 1.807) is 18.2 Å². The number of nitrogens with one attached hydrogen (secondary N) is 1. The first kappa shape index (κ1) is 15.2. The van der Waals surface area contributed by atoms with Crippen LogP contribution >= 0.6 is 23.2 Å². The van der Waals surface area contributed by atoms with Crippen molar-refractivity contribution in [2.75, 3.05) is 6.54 Å². The largest absolute Gasteiger partial charge is 0.306 e. The van der Waals surface area contributed by atoms with Gasteiger partial charge in [-0.1, -0.05) is 48.3 Å². The van der Waals surface area contributed by atoms with Gasteiger partial charge in [-0.05, 0) is 24.2 Å². The Hall–Kier alpha value is -1.16. The normalized spacial score (nSPS) is 12.4. The molecule has 1 atom stereocenters. The fourth-order valence-corrected chi connectivity index (χ4v) is 2.49. The summed E-state index contributed by atoms with van der Waals surface area (Å²) >= 11 is 12.2. The van der Waals surface area contributed by atoms with Gasteiger partial charge in [0, 0.05) is 11.6 Å². The van der Waals surface area contributed by atoms with Crippen LogP contribution in [0.5, 0.6) is 0 Å². The van der Waals surface area contributed by atoms with Crippen molar-refractivity contribution >= 4 is 23.2 Å². The highest BCUT2D eigenvalue weighted by molar-refractivity contribution is 6.42. The molecule has 0 aliphatic rings. The zero-order valence-electron chi connectivity index (χ0n) is 10.8. The number of halogens is 4. The van der Waals surface area contributed by atoms with E-state index < -0.39 is 17.7 Å². The number of rotatable bonds is 4. The fraction of sp³-hybridized carbons (Fsp3) is 0.200. The standard InChI is InChI=1S/C15H13Cl2F2N/c1-2-20-15(10-7-6-9(18)8-13(10)19)11-4-3-5-12(16)14(11)17/h3-8,15,20H,2H2,1H3. The molecule has 0 amide bonds. The summed E-state index contributed by atoms with van der Waals surface area (Å²) in [4.78, 5) is 0. The van der Waals surface area contributed by atoms with Crippen LogP contribution in [0.25, 0.3) is 0 Å². The Morgan fingerprint density at radius 1 is 1.10 bits per heavy atom. The van der Waals surface area contributed by atoms with Crippen LogP contribution in [0.15, 0.2) is 36.4 Å². The van der Waals surface area contributed by atoms with Crippen LogP contribution in [0.4, 0.5) is 8.78 Å². The molecule has 2 rings (SSSR count). The highest BCUT2D eigenvalue weighted by Crippen LogP contribution is 2.34. The van der Waals surface area contributed by atoms with E-state index in [-0.39, 0.29) is 0 Å². The Labute approximate surface area is 126 Å². The maximum absolute atomic E-state index is 14.0. The van der Waals surface area contributed by atoms with Crippen LogP contribution < -0.4 is 5.32 Å². The molecule has 0 aromatic heterocycles. The van der Waals surface area contributed by atoms with Gasteiger partial charge in [0.15, 0.2) is 0 Å². The van der Waals surface area contributed by atoms with Crippen molar-refractivity contribution in [1.82, 2.24) is 5.32 Å². The van der Waals surface area contributed by atoms with Crippen molar-refractivity contribution in [2.45, 2.75) is 13.0 Å². The Morgan fingerprint density at radius 2 is 1.85 bits per heavy atom. The molecule has 1 nitrogen and oxygen atoms in total. The third-order valence-electron chi connectivity index (χ3n) is 2.97. The van der Waals surface area contributed by atoms with Gasteiger partial charge in [-0.15, -0.1) is 0 Å². The lowest BCUT2D eigenvalue weighted by Gasteiger charge is -2.21. The summed E-state index contributed by atoms with van der Waals surface area (Å²) in [5, 5.41) is 3.90. The van der Waals surface area contributed by atoms with Gasteiger partial charge in [0.2, 0.25) is 0 Å². The molecule has 2 aromatic rings. The molecule has 0 spiro atoms. The first-order chi connectivity index (χ1) is 9.54. The molecule has 5 heteroatoms. The van der Waals surface area contributed by atoms with Crippen LogP contribution in [0, 0.1) is 11.6 Å². The third-order valence-corrected chi connectivity index (χ3v) is 3.81. The van der Waals surface area contributed by atoms with Crippen molar-refractivity contribution < 1.29 is 8.78 Å². The highest BCUT2D eigenvalue weighted by atomic mass is 35.5. The van der Waals surface area contributed by atoms with E-state index in [4.69, 9.17) is 23.2 Å². The molecule has 0 saturated heterocycles. The van der Waals surface area contributed by atoms with Gasteiger partial charge in [-0.2, -0.15) is 0 Å². The molecule has 20 heavy (non-hydrogen) atoms. The molecular formula is C15H13Cl2F2N. The molecule has 0 fully saturated rings. The van der Waals surface area contributed by atoms with Crippen LogP contribution in [0.1, 0.15) is 24.1 Å². The van der Waals surface area contributed by atoms with Crippen LogP contribution in [0.3, 0.4) is 0 Å². The summed E-state index contributed by atoms with van der Waals surface area (Å²) in [6.07, 6.45) is 0. The summed E-state index contributed by atoms with van der Waals surface area (Å²) in [6, 6.07) is 8.19. The van der Waals surface area contributed by atoms with E-state index >= 15 is 0 Å². The van der Waals surface area contributed by atoms with E-state index in [1.807, 2.05) is 6.92 Å². The zero-order valence-corrected chi connectivity index (χ0v) is 12.3. The Morgan fingerprint density at radius 3 is 2.50 bits per heavy atom. The zero-order chi connectivity index (χ0) is 14.7. The minimum absolute atomic E-state index is 0.331. The Balaban J connectivity index is 2.53. The van der Waals surface area contributed by atoms with Gasteiger partial charge in [0.05, 0.1) is 16.1 Å². The summed E-state index contributed by atoms with van der Waals surface area (Å²) in [7, 11) is 0. The third kappa shape index (κ3) is 3.11. The molecule has 1 unspecified atom stereocenters. The van der Waals surface area contributed by atoms with Crippen molar-refractivity contribution in [1.29, 1.82) is 0 Å². The smallest absolute Gasteiger partial charge is 0.131 e. The first-order valence-electron chi connectivity index (χ1n) is 6.16. The van der Waals surface area contributed by atoms with Crippen LogP contribution in [-0.4, -0.2) is 6.54 Å². The topological polar surface area (TPSA) is 12.0 Å². The second kappa shape index (κ2) is 6.53. The second-order valence-electron chi connectivity index (χ2n) is 4.30. The lowest BCUT2D eigenvalue weighted by atomic mass is 9.98. The average molecular weight is 316 g/mol. The van der Waals surface area contributed by atoms with E-state index in [9.17, 15) is 8.78 Å². The van der Waals surface area contributed by atoms with Crippen molar-refractivity contribution in [3.63, 3.8) is 0 Å². The molecular weight excluding hydrogens is 303 g/mol. The van der Waals surface area contributed by atoms with Crippen molar-refractivity contribution in [3.05, 3.63) is 69.2 Å². The molecule has 2 aromatic carbocycles. The summed E-state index contributed by atoms with van der Waals surface area (Å²) < 4.78 is 27.0. The lowest BCUT2D eigenvalue weighted by Crippen LogP contribution is -2.23. The highest BCUT2D eigenvalue weighted by Gasteiger charge is 2.20. The van der Waals surface area contributed by atoms with Crippen LogP contribution in [-0.2, 0) is 0 Å². The minimum atomic E-state index is -0.619. The molecule has 106 valence electrons. The van der Waals surface area contributed by atoms with Crippen molar-refractivity contribution in [2.24, 2.45) is 0 Å². The maximum Gasteiger partial charge on any atom is 0.131 e. The fourth-order valence-electron chi connectivity index (χ4n) is 2.07. The van der Waals surface area contributed by atoms with Gasteiger partial charge in [-0.3, -0.25) is 0 Å². The minimum Gasteiger partial charge on any atom is -0.306 e. The first-order valence-corrected chi connectivity index (χ1v) is 6.92. The van der Waals surface area contributed by atoms with Gasteiger partial charge in [0.1, 0.15) is 11.6 Å². The molecule has 0 bridgehead atoms. The summed E-state index contributed by atoms with van der Waals surface area (Å²) in [5.41, 5.74) is 0.990. The van der Waals surface area contributed by atoms with Gasteiger partial charge < -0.3 is 5.32 Å². The van der Waals surface area contributed by atoms with Gasteiger partial charge in [0.25, 0.3) is 0 Å². The molecule has 0 radical (unpaired) electrons. The summed E-state index contributed by atoms with van der Waals surface area (Å²) in [6.45, 7) is 2.50. The number of benzene rings is 2. The number of hydrogen-bond donors (Lipinski definition) is 1. The second-order valence-corrected chi connectivity index (χ2v) is 5.08. The predicted octanol–water partition coefficient (Wildman–Crippen LogP) is 4.97. The van der Waals surface area contributed by atoms with Gasteiger partial charge in [-0.25, -0.2) is 8.78 Å². The van der Waals surface area contributed by atoms with Crippen LogP contribution in [0.2, 0.25) is 10.0 Å². The van der Waals surface area contributed by atoms with E-state index in [1.165, 1.54) is 12.1 Å². The van der Waals surface area contributed by atoms with Crippen molar-refractivity contribution in [3.8, 4) is 0 Å². The average Bonchev–Trinajstić information content (AvgIpc) is 2.40. The lowest BCUT2D eigenvalue weighted by molar-refractivity contribution is 0.541. The monoisotopic (exact) mass is 315 g/mol. The molecule has 0 heterocycles. The SMILES string of the molecule is CCNC(c1ccc(F)cc1F)c1cccc(Cl)c1Cl. The Kier molecular flexibility index (Phi) is 4.97.